The van der Waals surface area contributed by atoms with Crippen LogP contribution < -0.4 is 10.6 Å². The molecule has 1 saturated heterocycles. The van der Waals surface area contributed by atoms with Crippen LogP contribution in [0.25, 0.3) is 0 Å². The molecule has 0 amide bonds. The first-order valence-electron chi connectivity index (χ1n) is 5.45. The van der Waals surface area contributed by atoms with Gasteiger partial charge in [0.1, 0.15) is 4.99 Å². The van der Waals surface area contributed by atoms with Crippen molar-refractivity contribution in [2.75, 3.05) is 23.5 Å². The van der Waals surface area contributed by atoms with Crippen LogP contribution >= 0.6 is 12.2 Å². The molecule has 2 rings (SSSR count). The highest BCUT2D eigenvalue weighted by Crippen LogP contribution is 2.23. The molecule has 2 heterocycles. The summed E-state index contributed by atoms with van der Waals surface area (Å²) in [5.41, 5.74) is 6.24. The number of sulfone groups is 1. The zero-order chi connectivity index (χ0) is 13.3. The fourth-order valence-corrected chi connectivity index (χ4v) is 3.96. The number of thiocarbonyl (C=S) groups is 1. The molecule has 0 aromatic carbocycles. The van der Waals surface area contributed by atoms with Gasteiger partial charge in [-0.1, -0.05) is 12.2 Å². The number of aromatic nitrogens is 2. The third kappa shape index (κ3) is 2.59. The molecule has 8 heteroatoms. The summed E-state index contributed by atoms with van der Waals surface area (Å²) in [6, 6.07) is 1.59. The van der Waals surface area contributed by atoms with Crippen LogP contribution in [0.3, 0.4) is 0 Å². The fraction of sp³-hybridized carbons (Fsp3) is 0.500. The molecule has 0 bridgehead atoms. The van der Waals surface area contributed by atoms with Crippen LogP contribution in [0.5, 0.6) is 0 Å². The lowest BCUT2D eigenvalue weighted by atomic mass is 10.2. The highest BCUT2D eigenvalue weighted by atomic mass is 32.2. The van der Waals surface area contributed by atoms with Gasteiger partial charge in [0.15, 0.2) is 15.7 Å². The molecule has 1 unspecified atom stereocenters. The second kappa shape index (κ2) is 4.77. The Balaban J connectivity index is 2.30. The quantitative estimate of drug-likeness (QED) is 0.765. The maximum Gasteiger partial charge on any atom is 0.161 e. The third-order valence-electron chi connectivity index (χ3n) is 3.06. The van der Waals surface area contributed by atoms with Crippen LogP contribution in [-0.2, 0) is 9.84 Å². The van der Waals surface area contributed by atoms with E-state index < -0.39 is 9.84 Å². The maximum atomic E-state index is 11.5. The summed E-state index contributed by atoms with van der Waals surface area (Å²) < 4.78 is 23.0. The summed E-state index contributed by atoms with van der Waals surface area (Å²) in [5, 5.41) is 7.81. The van der Waals surface area contributed by atoms with Crippen LogP contribution in [0.1, 0.15) is 12.0 Å². The van der Waals surface area contributed by atoms with Crippen molar-refractivity contribution in [2.24, 2.45) is 5.73 Å². The summed E-state index contributed by atoms with van der Waals surface area (Å²) >= 11 is 4.95. The molecular weight excluding hydrogens is 272 g/mol. The Morgan fingerprint density at radius 1 is 1.61 bits per heavy atom. The lowest BCUT2D eigenvalue weighted by Crippen LogP contribution is -2.35. The Hall–Kier alpha value is -1.28. The molecular formula is C10H14N4O2S2. The van der Waals surface area contributed by atoms with Gasteiger partial charge >= 0.3 is 0 Å². The second-order valence-corrected chi connectivity index (χ2v) is 6.97. The van der Waals surface area contributed by atoms with E-state index in [0.29, 0.717) is 17.8 Å². The Labute approximate surface area is 111 Å². The molecule has 6 nitrogen and oxygen atoms in total. The van der Waals surface area contributed by atoms with Crippen molar-refractivity contribution in [3.05, 3.63) is 17.8 Å². The minimum absolute atomic E-state index is 0.0974. The van der Waals surface area contributed by atoms with Gasteiger partial charge in [0.25, 0.3) is 0 Å². The van der Waals surface area contributed by atoms with Gasteiger partial charge in [-0.25, -0.2) is 8.42 Å². The summed E-state index contributed by atoms with van der Waals surface area (Å²) in [6.45, 7) is 0. The van der Waals surface area contributed by atoms with E-state index >= 15 is 0 Å². The molecule has 1 fully saturated rings. The molecule has 1 aliphatic rings. The molecule has 2 N–H and O–H groups in total. The van der Waals surface area contributed by atoms with E-state index in [1.807, 2.05) is 0 Å². The predicted molar refractivity (Wildman–Crippen MR) is 73.4 cm³/mol. The molecule has 1 aromatic heterocycles. The van der Waals surface area contributed by atoms with Gasteiger partial charge in [-0.05, 0) is 12.5 Å². The largest absolute Gasteiger partial charge is 0.389 e. The average Bonchev–Trinajstić information content (AvgIpc) is 2.68. The topological polar surface area (TPSA) is 89.2 Å². The number of nitrogens with zero attached hydrogens (tertiary/aromatic N) is 3. The average molecular weight is 286 g/mol. The van der Waals surface area contributed by atoms with Crippen LogP contribution in [0.2, 0.25) is 0 Å². The first-order valence-corrected chi connectivity index (χ1v) is 7.68. The number of hydrogen-bond acceptors (Lipinski definition) is 6. The van der Waals surface area contributed by atoms with Crippen molar-refractivity contribution in [1.82, 2.24) is 10.2 Å². The molecule has 0 spiro atoms. The van der Waals surface area contributed by atoms with Gasteiger partial charge < -0.3 is 10.6 Å². The predicted octanol–water partition coefficient (Wildman–Crippen LogP) is -0.266. The molecule has 0 radical (unpaired) electrons. The van der Waals surface area contributed by atoms with Gasteiger partial charge in [0.2, 0.25) is 0 Å². The minimum Gasteiger partial charge on any atom is -0.389 e. The lowest BCUT2D eigenvalue weighted by molar-refractivity contribution is 0.600. The monoisotopic (exact) mass is 286 g/mol. The molecule has 1 atom stereocenters. The zero-order valence-corrected chi connectivity index (χ0v) is 11.5. The third-order valence-corrected chi connectivity index (χ3v) is 5.03. The molecule has 98 valence electrons. The van der Waals surface area contributed by atoms with E-state index in [1.165, 1.54) is 6.20 Å². The standard InChI is InChI=1S/C10H14N4O2S2/c1-14(7-3-5-18(15,16)6-7)10-8(9(11)17)2-4-12-13-10/h2,4,7H,3,5-6H2,1H3,(H2,11,17). The van der Waals surface area contributed by atoms with Crippen molar-refractivity contribution in [3.8, 4) is 0 Å². The van der Waals surface area contributed by atoms with E-state index in [-0.39, 0.29) is 22.5 Å². The van der Waals surface area contributed by atoms with Gasteiger partial charge in [-0.2, -0.15) is 5.10 Å². The number of anilines is 1. The van der Waals surface area contributed by atoms with Crippen molar-refractivity contribution >= 4 is 32.9 Å². The summed E-state index contributed by atoms with van der Waals surface area (Å²) in [5.74, 6) is 0.883. The first kappa shape index (κ1) is 13.2. The Kier molecular flexibility index (Phi) is 3.49. The van der Waals surface area contributed by atoms with Crippen molar-refractivity contribution in [2.45, 2.75) is 12.5 Å². The molecule has 1 aromatic rings. The number of rotatable bonds is 3. The summed E-state index contributed by atoms with van der Waals surface area (Å²) in [6.07, 6.45) is 2.10. The van der Waals surface area contributed by atoms with Gasteiger partial charge in [-0.15, -0.1) is 5.10 Å². The summed E-state index contributed by atoms with van der Waals surface area (Å²) in [4.78, 5) is 2.03. The lowest BCUT2D eigenvalue weighted by Gasteiger charge is -2.25. The van der Waals surface area contributed by atoms with Crippen molar-refractivity contribution < 1.29 is 8.42 Å². The van der Waals surface area contributed by atoms with Crippen molar-refractivity contribution in [1.29, 1.82) is 0 Å². The molecule has 0 aliphatic carbocycles. The normalized spacial score (nSPS) is 21.7. The first-order chi connectivity index (χ1) is 8.41. The highest BCUT2D eigenvalue weighted by Gasteiger charge is 2.32. The second-order valence-electron chi connectivity index (χ2n) is 4.30. The van der Waals surface area contributed by atoms with Crippen molar-refractivity contribution in [3.63, 3.8) is 0 Å². The highest BCUT2D eigenvalue weighted by molar-refractivity contribution is 7.91. The Morgan fingerprint density at radius 3 is 2.89 bits per heavy atom. The molecule has 18 heavy (non-hydrogen) atoms. The number of nitrogens with two attached hydrogens (primary N) is 1. The minimum atomic E-state index is -2.94. The summed E-state index contributed by atoms with van der Waals surface area (Å²) in [7, 11) is -1.15. The van der Waals surface area contributed by atoms with Gasteiger partial charge in [0.05, 0.1) is 23.3 Å². The fourth-order valence-electron chi connectivity index (χ4n) is 2.03. The van der Waals surface area contributed by atoms with E-state index in [2.05, 4.69) is 10.2 Å². The molecule has 0 saturated carbocycles. The molecule has 1 aliphatic heterocycles. The zero-order valence-electron chi connectivity index (χ0n) is 9.91. The number of hydrogen-bond donors (Lipinski definition) is 1. The maximum absolute atomic E-state index is 11.5. The van der Waals surface area contributed by atoms with Crippen LogP contribution in [0, 0.1) is 0 Å². The van der Waals surface area contributed by atoms with Gasteiger partial charge in [-0.3, -0.25) is 0 Å². The SMILES string of the molecule is CN(c1nnccc1C(N)=S)C1CCS(=O)(=O)C1. The smallest absolute Gasteiger partial charge is 0.161 e. The van der Waals surface area contributed by atoms with E-state index in [4.69, 9.17) is 18.0 Å². The van der Waals surface area contributed by atoms with E-state index in [1.54, 1.807) is 18.0 Å². The van der Waals surface area contributed by atoms with Crippen LogP contribution in [-0.4, -0.2) is 48.2 Å². The van der Waals surface area contributed by atoms with E-state index in [9.17, 15) is 8.42 Å². The Bertz CT molecular complexity index is 573. The van der Waals surface area contributed by atoms with Crippen LogP contribution in [0.15, 0.2) is 12.3 Å². The Morgan fingerprint density at radius 2 is 2.33 bits per heavy atom. The van der Waals surface area contributed by atoms with Crippen LogP contribution in [0.4, 0.5) is 5.82 Å². The van der Waals surface area contributed by atoms with Gasteiger partial charge in [0, 0.05) is 13.1 Å². The van der Waals surface area contributed by atoms with E-state index in [0.717, 1.165) is 0 Å².